The Morgan fingerprint density at radius 3 is 2.38 bits per heavy atom. The minimum atomic E-state index is -0.789. The van der Waals surface area contributed by atoms with E-state index in [0.717, 1.165) is 11.1 Å². The highest BCUT2D eigenvalue weighted by Gasteiger charge is 2.14. The predicted octanol–water partition coefficient (Wildman–Crippen LogP) is 2.93. The zero-order chi connectivity index (χ0) is 15.4. The molecule has 0 unspecified atom stereocenters. The highest BCUT2D eigenvalue weighted by atomic mass is 35.5. The van der Waals surface area contributed by atoms with E-state index >= 15 is 0 Å². The van der Waals surface area contributed by atoms with Crippen molar-refractivity contribution >= 4 is 34.9 Å². The van der Waals surface area contributed by atoms with Gasteiger partial charge in [-0.25, -0.2) is 4.98 Å². The lowest BCUT2D eigenvalue weighted by Gasteiger charge is -2.07. The van der Waals surface area contributed by atoms with Crippen molar-refractivity contribution in [1.29, 1.82) is 0 Å². The molecule has 2 aromatic rings. The van der Waals surface area contributed by atoms with Crippen LogP contribution in [0.3, 0.4) is 0 Å². The number of rotatable bonds is 2. The molecule has 0 fully saturated rings. The Bertz CT molecular complexity index is 684. The number of aryl methyl sites for hydroxylation is 2. The van der Waals surface area contributed by atoms with Crippen LogP contribution in [0.15, 0.2) is 36.5 Å². The van der Waals surface area contributed by atoms with Crippen molar-refractivity contribution in [3.8, 4) is 0 Å². The van der Waals surface area contributed by atoms with Gasteiger partial charge >= 0.3 is 11.8 Å². The summed E-state index contributed by atoms with van der Waals surface area (Å²) in [6.07, 6.45) is 1.60. The summed E-state index contributed by atoms with van der Waals surface area (Å²) < 4.78 is 0. The molecule has 0 saturated heterocycles. The minimum Gasteiger partial charge on any atom is -0.318 e. The van der Waals surface area contributed by atoms with Gasteiger partial charge in [0, 0.05) is 16.9 Å². The standard InChI is InChI=1S/C15H14ClN3O2/c1-9-3-6-13(17-8-9)19-15(21)14(20)18-11-5-4-10(2)12(16)7-11/h3-8H,1-2H3,(H,18,20)(H,17,19,21). The SMILES string of the molecule is Cc1ccc(NC(=O)C(=O)Nc2ccc(C)c(Cl)c2)nc1. The van der Waals surface area contributed by atoms with Crippen LogP contribution in [0.5, 0.6) is 0 Å². The molecule has 1 aromatic heterocycles. The van der Waals surface area contributed by atoms with Gasteiger partial charge in [-0.1, -0.05) is 23.7 Å². The van der Waals surface area contributed by atoms with Crippen LogP contribution >= 0.6 is 11.6 Å². The van der Waals surface area contributed by atoms with E-state index in [2.05, 4.69) is 15.6 Å². The third kappa shape index (κ3) is 4.03. The van der Waals surface area contributed by atoms with E-state index in [9.17, 15) is 9.59 Å². The number of anilines is 2. The molecule has 0 aliphatic heterocycles. The Morgan fingerprint density at radius 2 is 1.76 bits per heavy atom. The normalized spacial score (nSPS) is 10.0. The number of nitrogens with zero attached hydrogens (tertiary/aromatic N) is 1. The minimum absolute atomic E-state index is 0.322. The maximum atomic E-state index is 11.8. The lowest BCUT2D eigenvalue weighted by atomic mass is 10.2. The van der Waals surface area contributed by atoms with Crippen LogP contribution < -0.4 is 10.6 Å². The van der Waals surface area contributed by atoms with Crippen LogP contribution in [0, 0.1) is 13.8 Å². The quantitative estimate of drug-likeness (QED) is 0.838. The molecular weight excluding hydrogens is 290 g/mol. The Hall–Kier alpha value is -2.40. The van der Waals surface area contributed by atoms with Crippen molar-refractivity contribution in [3.63, 3.8) is 0 Å². The number of halogens is 1. The zero-order valence-corrected chi connectivity index (χ0v) is 12.4. The Balaban J connectivity index is 2.00. The maximum absolute atomic E-state index is 11.8. The second-order valence-corrected chi connectivity index (χ2v) is 5.00. The van der Waals surface area contributed by atoms with Crippen molar-refractivity contribution < 1.29 is 9.59 Å². The summed E-state index contributed by atoms with van der Waals surface area (Å²) >= 11 is 5.96. The summed E-state index contributed by atoms with van der Waals surface area (Å²) in [5.41, 5.74) is 2.32. The van der Waals surface area contributed by atoms with Crippen LogP contribution in [-0.4, -0.2) is 16.8 Å². The number of pyridine rings is 1. The second-order valence-electron chi connectivity index (χ2n) is 4.59. The number of amides is 2. The van der Waals surface area contributed by atoms with Gasteiger partial charge in [-0.05, 0) is 43.2 Å². The molecule has 0 aliphatic rings. The third-order valence-electron chi connectivity index (χ3n) is 2.79. The van der Waals surface area contributed by atoms with Crippen LogP contribution in [0.2, 0.25) is 5.02 Å². The number of hydrogen-bond donors (Lipinski definition) is 2. The molecule has 0 radical (unpaired) electrons. The number of benzene rings is 1. The van der Waals surface area contributed by atoms with Crippen LogP contribution in [0.4, 0.5) is 11.5 Å². The lowest BCUT2D eigenvalue weighted by Crippen LogP contribution is -2.29. The molecule has 5 nitrogen and oxygen atoms in total. The Labute approximate surface area is 127 Å². The van der Waals surface area contributed by atoms with Gasteiger partial charge in [0.25, 0.3) is 0 Å². The molecule has 0 saturated carbocycles. The van der Waals surface area contributed by atoms with Crippen LogP contribution in [0.1, 0.15) is 11.1 Å². The van der Waals surface area contributed by atoms with Crippen molar-refractivity contribution in [1.82, 2.24) is 4.98 Å². The fourth-order valence-corrected chi connectivity index (χ4v) is 1.75. The van der Waals surface area contributed by atoms with Crippen molar-refractivity contribution in [2.45, 2.75) is 13.8 Å². The molecule has 2 N–H and O–H groups in total. The summed E-state index contributed by atoms with van der Waals surface area (Å²) in [5.74, 6) is -1.25. The molecular formula is C15H14ClN3O2. The number of hydrogen-bond acceptors (Lipinski definition) is 3. The van der Waals surface area contributed by atoms with E-state index in [1.54, 1.807) is 36.5 Å². The molecule has 6 heteroatoms. The van der Waals surface area contributed by atoms with Gasteiger partial charge in [-0.3, -0.25) is 9.59 Å². The van der Waals surface area contributed by atoms with Gasteiger partial charge in [0.05, 0.1) is 0 Å². The van der Waals surface area contributed by atoms with Gasteiger partial charge < -0.3 is 10.6 Å². The molecule has 108 valence electrons. The molecule has 0 spiro atoms. The van der Waals surface area contributed by atoms with Crippen molar-refractivity contribution in [2.75, 3.05) is 10.6 Å². The van der Waals surface area contributed by atoms with Crippen molar-refractivity contribution in [3.05, 3.63) is 52.7 Å². The summed E-state index contributed by atoms with van der Waals surface area (Å²) in [4.78, 5) is 27.5. The smallest absolute Gasteiger partial charge is 0.315 e. The average Bonchev–Trinajstić information content (AvgIpc) is 2.45. The second kappa shape index (κ2) is 6.37. The largest absolute Gasteiger partial charge is 0.318 e. The molecule has 1 aromatic carbocycles. The Kier molecular flexibility index (Phi) is 4.55. The van der Waals surface area contributed by atoms with E-state index in [1.807, 2.05) is 13.8 Å². The van der Waals surface area contributed by atoms with Crippen LogP contribution in [-0.2, 0) is 9.59 Å². The van der Waals surface area contributed by atoms with E-state index < -0.39 is 11.8 Å². The van der Waals surface area contributed by atoms with Gasteiger partial charge in [0.15, 0.2) is 0 Å². The fourth-order valence-electron chi connectivity index (χ4n) is 1.57. The first-order valence-electron chi connectivity index (χ1n) is 6.27. The molecule has 2 rings (SSSR count). The highest BCUT2D eigenvalue weighted by Crippen LogP contribution is 2.19. The summed E-state index contributed by atoms with van der Waals surface area (Å²) in [6, 6.07) is 8.45. The molecule has 2 amide bonds. The van der Waals surface area contributed by atoms with E-state index in [4.69, 9.17) is 11.6 Å². The topological polar surface area (TPSA) is 71.1 Å². The average molecular weight is 304 g/mol. The van der Waals surface area contributed by atoms with Gasteiger partial charge in [0.1, 0.15) is 5.82 Å². The molecule has 0 aliphatic carbocycles. The van der Waals surface area contributed by atoms with Gasteiger partial charge in [-0.2, -0.15) is 0 Å². The monoisotopic (exact) mass is 303 g/mol. The summed E-state index contributed by atoms with van der Waals surface area (Å²) in [7, 11) is 0. The zero-order valence-electron chi connectivity index (χ0n) is 11.6. The predicted molar refractivity (Wildman–Crippen MR) is 82.4 cm³/mol. The van der Waals surface area contributed by atoms with E-state index in [0.29, 0.717) is 16.5 Å². The summed E-state index contributed by atoms with van der Waals surface area (Å²) in [5, 5.41) is 5.42. The Morgan fingerprint density at radius 1 is 1.05 bits per heavy atom. The fraction of sp³-hybridized carbons (Fsp3) is 0.133. The third-order valence-corrected chi connectivity index (χ3v) is 3.20. The first-order valence-corrected chi connectivity index (χ1v) is 6.64. The highest BCUT2D eigenvalue weighted by molar-refractivity contribution is 6.43. The number of carbonyl (C=O) groups excluding carboxylic acids is 2. The van der Waals surface area contributed by atoms with E-state index in [-0.39, 0.29) is 0 Å². The van der Waals surface area contributed by atoms with Gasteiger partial charge in [-0.15, -0.1) is 0 Å². The number of aromatic nitrogens is 1. The lowest BCUT2D eigenvalue weighted by molar-refractivity contribution is -0.133. The van der Waals surface area contributed by atoms with E-state index in [1.165, 1.54) is 0 Å². The number of nitrogens with one attached hydrogen (secondary N) is 2. The molecule has 1 heterocycles. The van der Waals surface area contributed by atoms with Crippen molar-refractivity contribution in [2.24, 2.45) is 0 Å². The first-order chi connectivity index (χ1) is 9.95. The van der Waals surface area contributed by atoms with Gasteiger partial charge in [0.2, 0.25) is 0 Å². The van der Waals surface area contributed by atoms with Crippen LogP contribution in [0.25, 0.3) is 0 Å². The summed E-state index contributed by atoms with van der Waals surface area (Å²) in [6.45, 7) is 3.73. The first kappa shape index (κ1) is 15.0. The molecule has 0 bridgehead atoms. The molecule has 21 heavy (non-hydrogen) atoms. The maximum Gasteiger partial charge on any atom is 0.315 e. The number of carbonyl (C=O) groups is 2. The molecule has 0 atom stereocenters.